The molecule has 2 aromatic carbocycles. The number of carbonyl (C=O) groups excluding carboxylic acids is 1. The van der Waals surface area contributed by atoms with E-state index in [9.17, 15) is 9.18 Å². The van der Waals surface area contributed by atoms with E-state index in [1.165, 1.54) is 18.3 Å². The van der Waals surface area contributed by atoms with E-state index in [4.69, 9.17) is 11.1 Å². The smallest absolute Gasteiger partial charge is 0.270 e. The van der Waals surface area contributed by atoms with Gasteiger partial charge in [0.05, 0.1) is 23.7 Å². The molecule has 1 heterocycles. The van der Waals surface area contributed by atoms with Gasteiger partial charge in [0, 0.05) is 17.1 Å². The normalized spacial score (nSPS) is 10.5. The second-order valence-electron chi connectivity index (χ2n) is 5.14. The number of nitrogens with two attached hydrogens (primary N) is 1. The van der Waals surface area contributed by atoms with Gasteiger partial charge >= 0.3 is 0 Å². The van der Waals surface area contributed by atoms with Gasteiger partial charge in [-0.2, -0.15) is 5.26 Å². The van der Waals surface area contributed by atoms with E-state index in [2.05, 4.69) is 4.98 Å². The van der Waals surface area contributed by atoms with Crippen molar-refractivity contribution in [3.63, 3.8) is 0 Å². The van der Waals surface area contributed by atoms with Crippen molar-refractivity contribution >= 4 is 16.8 Å². The van der Waals surface area contributed by atoms with Crippen LogP contribution in [0, 0.1) is 17.1 Å². The zero-order valence-electron chi connectivity index (χ0n) is 12.1. The minimum atomic E-state index is -0.427. The summed E-state index contributed by atoms with van der Waals surface area (Å²) in [5.41, 5.74) is 2.21. The van der Waals surface area contributed by atoms with Crippen LogP contribution in [-0.2, 0) is 6.54 Å². The van der Waals surface area contributed by atoms with E-state index in [1.807, 2.05) is 6.07 Å². The van der Waals surface area contributed by atoms with Crippen LogP contribution >= 0.6 is 0 Å². The van der Waals surface area contributed by atoms with Crippen molar-refractivity contribution < 1.29 is 9.18 Å². The molecule has 0 aliphatic rings. The number of amides is 1. The minimum Gasteiger partial charge on any atom is -0.360 e. The maximum Gasteiger partial charge on any atom is 0.270 e. The van der Waals surface area contributed by atoms with Crippen LogP contribution in [0.4, 0.5) is 4.39 Å². The van der Waals surface area contributed by atoms with Gasteiger partial charge in [0.25, 0.3) is 5.91 Å². The summed E-state index contributed by atoms with van der Waals surface area (Å²) in [6.07, 6.45) is 1.51. The number of nitrogens with zero attached hydrogens (tertiary/aromatic N) is 2. The molecule has 0 bridgehead atoms. The second kappa shape index (κ2) is 5.91. The minimum absolute atomic E-state index is 0.149. The summed E-state index contributed by atoms with van der Waals surface area (Å²) < 4.78 is 13.4. The first kappa shape index (κ1) is 14.8. The summed E-state index contributed by atoms with van der Waals surface area (Å²) in [6, 6.07) is 13.1. The van der Waals surface area contributed by atoms with E-state index in [0.717, 1.165) is 10.6 Å². The molecule has 0 radical (unpaired) electrons. The van der Waals surface area contributed by atoms with Crippen LogP contribution < -0.4 is 5.84 Å². The van der Waals surface area contributed by atoms with E-state index in [-0.39, 0.29) is 6.54 Å². The van der Waals surface area contributed by atoms with Crippen LogP contribution in [0.2, 0.25) is 0 Å². The first-order valence-corrected chi connectivity index (χ1v) is 6.91. The summed E-state index contributed by atoms with van der Waals surface area (Å²) in [5.74, 6) is 5.01. The molecule has 0 aliphatic heterocycles. The van der Waals surface area contributed by atoms with Crippen LogP contribution in [0.25, 0.3) is 10.9 Å². The lowest BCUT2D eigenvalue weighted by molar-refractivity contribution is 0.0745. The summed E-state index contributed by atoms with van der Waals surface area (Å²) in [4.78, 5) is 15.4. The number of halogens is 1. The predicted octanol–water partition coefficient (Wildman–Crippen LogP) is 2.69. The fraction of sp³-hybridized carbons (Fsp3) is 0.0588. The molecule has 0 atom stereocenters. The molecule has 3 N–H and O–H groups in total. The van der Waals surface area contributed by atoms with Gasteiger partial charge in [0.1, 0.15) is 5.82 Å². The average molecular weight is 308 g/mol. The number of rotatable bonds is 3. The van der Waals surface area contributed by atoms with E-state index in [0.29, 0.717) is 22.0 Å². The van der Waals surface area contributed by atoms with Crippen molar-refractivity contribution in [2.24, 2.45) is 5.84 Å². The van der Waals surface area contributed by atoms with Crippen molar-refractivity contribution in [3.05, 3.63) is 71.2 Å². The van der Waals surface area contributed by atoms with Crippen molar-refractivity contribution in [2.45, 2.75) is 6.54 Å². The number of hydrazine groups is 1. The van der Waals surface area contributed by atoms with Gasteiger partial charge in [-0.05, 0) is 35.9 Å². The summed E-state index contributed by atoms with van der Waals surface area (Å²) in [6.45, 7) is 0.149. The molecule has 1 aromatic heterocycles. The number of carbonyl (C=O) groups is 1. The third-order valence-electron chi connectivity index (χ3n) is 3.54. The number of H-pyrrole nitrogens is 1. The monoisotopic (exact) mass is 308 g/mol. The van der Waals surface area contributed by atoms with Crippen molar-refractivity contribution in [1.29, 1.82) is 5.26 Å². The topological polar surface area (TPSA) is 85.9 Å². The van der Waals surface area contributed by atoms with Crippen LogP contribution in [0.1, 0.15) is 21.5 Å². The van der Waals surface area contributed by atoms with Gasteiger partial charge in [0.15, 0.2) is 0 Å². The number of hydrogen-bond acceptors (Lipinski definition) is 3. The molecule has 23 heavy (non-hydrogen) atoms. The first-order valence-electron chi connectivity index (χ1n) is 6.91. The van der Waals surface area contributed by atoms with Crippen molar-refractivity contribution in [3.8, 4) is 6.07 Å². The maximum atomic E-state index is 13.4. The predicted molar refractivity (Wildman–Crippen MR) is 83.5 cm³/mol. The van der Waals surface area contributed by atoms with E-state index >= 15 is 0 Å². The molecule has 0 saturated carbocycles. The molecule has 5 nitrogen and oxygen atoms in total. The number of nitriles is 1. The highest BCUT2D eigenvalue weighted by Crippen LogP contribution is 2.21. The maximum absolute atomic E-state index is 13.4. The number of nitrogens with one attached hydrogen (secondary N) is 1. The Morgan fingerprint density at radius 1 is 1.30 bits per heavy atom. The molecule has 6 heteroatoms. The molecular weight excluding hydrogens is 295 g/mol. The SMILES string of the molecule is N#Cc1cccc(CN(N)C(=O)c2c[nH]c3ccc(F)cc23)c1. The molecule has 0 saturated heterocycles. The fourth-order valence-corrected chi connectivity index (χ4v) is 2.43. The van der Waals surface area contributed by atoms with Crippen molar-refractivity contribution in [2.75, 3.05) is 0 Å². The highest BCUT2D eigenvalue weighted by molar-refractivity contribution is 6.06. The highest BCUT2D eigenvalue weighted by Gasteiger charge is 2.17. The zero-order valence-corrected chi connectivity index (χ0v) is 12.1. The molecular formula is C17H13FN4O. The van der Waals surface area contributed by atoms with Crippen LogP contribution in [0.15, 0.2) is 48.7 Å². The summed E-state index contributed by atoms with van der Waals surface area (Å²) in [5, 5.41) is 10.4. The van der Waals surface area contributed by atoms with E-state index in [1.54, 1.807) is 30.3 Å². The second-order valence-corrected chi connectivity index (χ2v) is 5.14. The Labute approximate surface area is 131 Å². The Morgan fingerprint density at radius 2 is 2.13 bits per heavy atom. The number of fused-ring (bicyclic) bond motifs is 1. The Kier molecular flexibility index (Phi) is 3.79. The molecule has 0 aliphatic carbocycles. The van der Waals surface area contributed by atoms with Gasteiger partial charge in [0.2, 0.25) is 0 Å². The van der Waals surface area contributed by atoms with Crippen molar-refractivity contribution in [1.82, 2.24) is 9.99 Å². The Balaban J connectivity index is 1.86. The van der Waals surface area contributed by atoms with Gasteiger partial charge in [-0.3, -0.25) is 9.80 Å². The molecule has 0 spiro atoms. The number of benzene rings is 2. The van der Waals surface area contributed by atoms with Gasteiger partial charge in [-0.25, -0.2) is 10.2 Å². The number of aromatic nitrogens is 1. The van der Waals surface area contributed by atoms with Gasteiger partial charge < -0.3 is 4.98 Å². The third-order valence-corrected chi connectivity index (χ3v) is 3.54. The van der Waals surface area contributed by atoms with Gasteiger partial charge in [-0.1, -0.05) is 12.1 Å². The first-order chi connectivity index (χ1) is 11.1. The molecule has 3 aromatic rings. The number of aromatic amines is 1. The number of hydrogen-bond donors (Lipinski definition) is 2. The Bertz CT molecular complexity index is 926. The molecule has 114 valence electrons. The molecule has 1 amide bonds. The van der Waals surface area contributed by atoms with Gasteiger partial charge in [-0.15, -0.1) is 0 Å². The lowest BCUT2D eigenvalue weighted by Gasteiger charge is -2.16. The van der Waals surface area contributed by atoms with Crippen LogP contribution in [0.3, 0.4) is 0 Å². The molecule has 0 unspecified atom stereocenters. The average Bonchev–Trinajstić information content (AvgIpc) is 2.97. The lowest BCUT2D eigenvalue weighted by atomic mass is 10.1. The van der Waals surface area contributed by atoms with Crippen LogP contribution in [-0.4, -0.2) is 15.9 Å². The Hall–Kier alpha value is -3.17. The third kappa shape index (κ3) is 2.91. The largest absolute Gasteiger partial charge is 0.360 e. The Morgan fingerprint density at radius 3 is 2.91 bits per heavy atom. The standard InChI is InChI=1S/C17H13FN4O/c18-13-4-5-16-14(7-13)15(9-21-16)17(23)22(20)10-12-3-1-2-11(6-12)8-19/h1-7,9,21H,10,20H2. The molecule has 0 fully saturated rings. The fourth-order valence-electron chi connectivity index (χ4n) is 2.43. The lowest BCUT2D eigenvalue weighted by Crippen LogP contribution is -2.36. The zero-order chi connectivity index (χ0) is 16.4. The van der Waals surface area contributed by atoms with E-state index < -0.39 is 11.7 Å². The van der Waals surface area contributed by atoms with Crippen LogP contribution in [0.5, 0.6) is 0 Å². The highest BCUT2D eigenvalue weighted by atomic mass is 19.1. The summed E-state index contributed by atoms with van der Waals surface area (Å²) in [7, 11) is 0. The molecule has 3 rings (SSSR count). The summed E-state index contributed by atoms with van der Waals surface area (Å²) >= 11 is 0. The quantitative estimate of drug-likeness (QED) is 0.443.